The standard InChI is InChI=1S/C13H14ClN3O3/c1-7(18)15-10-5-4-9(14)12-8(10)6-11(16-12)13(19)17(2)20-3/h4-6,16H,1-3H3,(H,15,18). The highest BCUT2D eigenvalue weighted by atomic mass is 35.5. The molecule has 0 fully saturated rings. The highest BCUT2D eigenvalue weighted by Gasteiger charge is 2.17. The zero-order valence-electron chi connectivity index (χ0n) is 11.3. The summed E-state index contributed by atoms with van der Waals surface area (Å²) in [5.74, 6) is -0.537. The molecule has 2 rings (SSSR count). The van der Waals surface area contributed by atoms with Crippen molar-refractivity contribution >= 4 is 40.0 Å². The largest absolute Gasteiger partial charge is 0.349 e. The summed E-state index contributed by atoms with van der Waals surface area (Å²) in [6, 6.07) is 4.97. The first-order valence-electron chi connectivity index (χ1n) is 5.85. The Labute approximate surface area is 120 Å². The molecule has 0 aliphatic heterocycles. The number of benzene rings is 1. The van der Waals surface area contributed by atoms with Gasteiger partial charge >= 0.3 is 0 Å². The quantitative estimate of drug-likeness (QED) is 0.854. The lowest BCUT2D eigenvalue weighted by molar-refractivity contribution is -0.114. The fraction of sp³-hybridized carbons (Fsp3) is 0.231. The van der Waals surface area contributed by atoms with Crippen LogP contribution in [0.2, 0.25) is 5.02 Å². The van der Waals surface area contributed by atoms with E-state index in [2.05, 4.69) is 10.3 Å². The van der Waals surface area contributed by atoms with Crippen molar-refractivity contribution in [1.29, 1.82) is 0 Å². The van der Waals surface area contributed by atoms with E-state index in [4.69, 9.17) is 16.4 Å². The first-order valence-corrected chi connectivity index (χ1v) is 6.22. The van der Waals surface area contributed by atoms with Crippen LogP contribution in [0.5, 0.6) is 0 Å². The molecule has 1 heterocycles. The minimum atomic E-state index is -0.339. The fourth-order valence-corrected chi connectivity index (χ4v) is 2.06. The fourth-order valence-electron chi connectivity index (χ4n) is 1.85. The molecule has 20 heavy (non-hydrogen) atoms. The van der Waals surface area contributed by atoms with Gasteiger partial charge in [0.15, 0.2) is 0 Å². The van der Waals surface area contributed by atoms with Gasteiger partial charge in [-0.1, -0.05) is 11.6 Å². The predicted octanol–water partition coefficient (Wildman–Crippen LogP) is 2.41. The second kappa shape index (κ2) is 5.52. The first kappa shape index (κ1) is 14.4. The zero-order chi connectivity index (χ0) is 14.9. The Kier molecular flexibility index (Phi) is 3.96. The molecule has 2 amide bonds. The molecule has 0 spiro atoms. The average molecular weight is 296 g/mol. The summed E-state index contributed by atoms with van der Waals surface area (Å²) in [5.41, 5.74) is 1.50. The van der Waals surface area contributed by atoms with E-state index >= 15 is 0 Å². The Morgan fingerprint density at radius 3 is 2.70 bits per heavy atom. The number of aromatic nitrogens is 1. The number of fused-ring (bicyclic) bond motifs is 1. The Bertz CT molecular complexity index is 681. The van der Waals surface area contributed by atoms with Crippen molar-refractivity contribution in [3.05, 3.63) is 28.9 Å². The number of anilines is 1. The summed E-state index contributed by atoms with van der Waals surface area (Å²) >= 11 is 6.10. The topological polar surface area (TPSA) is 74.4 Å². The molecule has 0 aliphatic rings. The number of nitrogens with zero attached hydrogens (tertiary/aromatic N) is 1. The average Bonchev–Trinajstić information content (AvgIpc) is 2.86. The van der Waals surface area contributed by atoms with Crippen LogP contribution in [0.4, 0.5) is 5.69 Å². The van der Waals surface area contributed by atoms with Gasteiger partial charge in [-0.15, -0.1) is 0 Å². The number of halogens is 1. The highest BCUT2D eigenvalue weighted by Crippen LogP contribution is 2.30. The van der Waals surface area contributed by atoms with E-state index in [1.165, 1.54) is 21.1 Å². The number of carbonyl (C=O) groups excluding carboxylic acids is 2. The molecule has 0 radical (unpaired) electrons. The van der Waals surface area contributed by atoms with Crippen molar-refractivity contribution in [2.24, 2.45) is 0 Å². The SMILES string of the molecule is CON(C)C(=O)c1cc2c(NC(C)=O)ccc(Cl)c2[nH]1. The van der Waals surface area contributed by atoms with Crippen molar-refractivity contribution in [2.75, 3.05) is 19.5 Å². The van der Waals surface area contributed by atoms with Crippen LogP contribution in [0.15, 0.2) is 18.2 Å². The molecule has 2 aromatic rings. The molecule has 0 bridgehead atoms. The molecule has 7 heteroatoms. The highest BCUT2D eigenvalue weighted by molar-refractivity contribution is 6.36. The lowest BCUT2D eigenvalue weighted by Crippen LogP contribution is -2.25. The number of amides is 2. The molecule has 2 N–H and O–H groups in total. The Balaban J connectivity index is 2.54. The van der Waals surface area contributed by atoms with Gasteiger partial charge in [0, 0.05) is 19.4 Å². The maximum Gasteiger partial charge on any atom is 0.293 e. The van der Waals surface area contributed by atoms with Crippen molar-refractivity contribution in [1.82, 2.24) is 10.0 Å². The molecule has 0 saturated heterocycles. The minimum Gasteiger partial charge on any atom is -0.349 e. The smallest absolute Gasteiger partial charge is 0.293 e. The maximum absolute atomic E-state index is 12.0. The van der Waals surface area contributed by atoms with Gasteiger partial charge < -0.3 is 10.3 Å². The summed E-state index contributed by atoms with van der Waals surface area (Å²) in [6.07, 6.45) is 0. The normalized spacial score (nSPS) is 10.6. The third kappa shape index (κ3) is 2.61. The van der Waals surface area contributed by atoms with Gasteiger partial charge in [-0.05, 0) is 18.2 Å². The molecule has 0 aliphatic carbocycles. The van der Waals surface area contributed by atoms with Crippen LogP contribution >= 0.6 is 11.6 Å². The summed E-state index contributed by atoms with van der Waals surface area (Å²) < 4.78 is 0. The number of nitrogens with one attached hydrogen (secondary N) is 2. The second-order valence-electron chi connectivity index (χ2n) is 4.23. The third-order valence-corrected chi connectivity index (χ3v) is 3.16. The molecule has 106 valence electrons. The van der Waals surface area contributed by atoms with Crippen LogP contribution in [0.3, 0.4) is 0 Å². The summed E-state index contributed by atoms with van der Waals surface area (Å²) in [4.78, 5) is 31.0. The predicted molar refractivity (Wildman–Crippen MR) is 76.7 cm³/mol. The van der Waals surface area contributed by atoms with E-state index in [-0.39, 0.29) is 11.8 Å². The second-order valence-corrected chi connectivity index (χ2v) is 4.64. The molecule has 0 atom stereocenters. The number of hydrogen-bond acceptors (Lipinski definition) is 3. The Hall–Kier alpha value is -2.05. The van der Waals surface area contributed by atoms with Gasteiger partial charge in [0.1, 0.15) is 5.69 Å². The van der Waals surface area contributed by atoms with E-state index in [0.29, 0.717) is 27.3 Å². The van der Waals surface area contributed by atoms with E-state index in [0.717, 1.165) is 5.06 Å². The van der Waals surface area contributed by atoms with Crippen LogP contribution in [0, 0.1) is 0 Å². The number of aromatic amines is 1. The molecular formula is C13H14ClN3O3. The lowest BCUT2D eigenvalue weighted by Gasteiger charge is -2.11. The minimum absolute atomic E-state index is 0.197. The summed E-state index contributed by atoms with van der Waals surface area (Å²) in [7, 11) is 2.90. The van der Waals surface area contributed by atoms with Crippen molar-refractivity contribution in [3.63, 3.8) is 0 Å². The number of hydroxylamine groups is 2. The molecule has 6 nitrogen and oxygen atoms in total. The zero-order valence-corrected chi connectivity index (χ0v) is 12.0. The van der Waals surface area contributed by atoms with Crippen molar-refractivity contribution in [3.8, 4) is 0 Å². The molecule has 0 saturated carbocycles. The van der Waals surface area contributed by atoms with Gasteiger partial charge in [0.25, 0.3) is 5.91 Å². The van der Waals surface area contributed by atoms with Gasteiger partial charge in [-0.3, -0.25) is 14.4 Å². The van der Waals surface area contributed by atoms with Gasteiger partial charge in [-0.2, -0.15) is 0 Å². The number of H-pyrrole nitrogens is 1. The number of carbonyl (C=O) groups is 2. The van der Waals surface area contributed by atoms with Crippen molar-refractivity contribution < 1.29 is 14.4 Å². The molecule has 0 unspecified atom stereocenters. The van der Waals surface area contributed by atoms with Crippen LogP contribution < -0.4 is 5.32 Å². The van der Waals surface area contributed by atoms with E-state index in [1.807, 2.05) is 0 Å². The van der Waals surface area contributed by atoms with Crippen LogP contribution in [-0.4, -0.2) is 36.0 Å². The van der Waals surface area contributed by atoms with E-state index in [1.54, 1.807) is 18.2 Å². The maximum atomic E-state index is 12.0. The monoisotopic (exact) mass is 295 g/mol. The van der Waals surface area contributed by atoms with Crippen LogP contribution in [0.1, 0.15) is 17.4 Å². The van der Waals surface area contributed by atoms with Gasteiger partial charge in [0.2, 0.25) is 5.91 Å². The summed E-state index contributed by atoms with van der Waals surface area (Å²) in [5, 5.41) is 4.92. The van der Waals surface area contributed by atoms with Crippen LogP contribution in [-0.2, 0) is 9.63 Å². The Morgan fingerprint density at radius 2 is 2.10 bits per heavy atom. The van der Waals surface area contributed by atoms with Crippen LogP contribution in [0.25, 0.3) is 10.9 Å². The Morgan fingerprint density at radius 1 is 1.40 bits per heavy atom. The van der Waals surface area contributed by atoms with E-state index in [9.17, 15) is 9.59 Å². The van der Waals surface area contributed by atoms with Gasteiger partial charge in [0.05, 0.1) is 23.3 Å². The molecular weight excluding hydrogens is 282 g/mol. The third-order valence-electron chi connectivity index (χ3n) is 2.84. The van der Waals surface area contributed by atoms with Gasteiger partial charge in [-0.25, -0.2) is 5.06 Å². The first-order chi connectivity index (χ1) is 9.43. The summed E-state index contributed by atoms with van der Waals surface area (Å²) in [6.45, 7) is 1.41. The molecule has 1 aromatic heterocycles. The lowest BCUT2D eigenvalue weighted by atomic mass is 10.2. The molecule has 1 aromatic carbocycles. The number of hydrogen-bond donors (Lipinski definition) is 2. The van der Waals surface area contributed by atoms with E-state index < -0.39 is 0 Å². The van der Waals surface area contributed by atoms with Crippen molar-refractivity contribution in [2.45, 2.75) is 6.92 Å². The number of rotatable bonds is 3.